The van der Waals surface area contributed by atoms with Gasteiger partial charge in [0.15, 0.2) is 0 Å². The Morgan fingerprint density at radius 1 is 1.55 bits per heavy atom. The maximum atomic E-state index is 11.3. The molecule has 0 spiro atoms. The van der Waals surface area contributed by atoms with Gasteiger partial charge < -0.3 is 16.0 Å². The molecule has 1 saturated heterocycles. The first-order valence-corrected chi connectivity index (χ1v) is 7.53. The van der Waals surface area contributed by atoms with Gasteiger partial charge in [-0.2, -0.15) is 0 Å². The van der Waals surface area contributed by atoms with Crippen molar-refractivity contribution in [2.45, 2.75) is 26.3 Å². The standard InChI is InChI=1S/C15H22ClN3O/c1-2-6-18-9-12-8-13(16)3-4-14(12)19-7-5-11(10-19)15(17)20/h3-4,8,11,18H,2,5-7,9-10H2,1H3,(H2,17,20). The van der Waals surface area contributed by atoms with Crippen LogP contribution in [0.3, 0.4) is 0 Å². The van der Waals surface area contributed by atoms with Gasteiger partial charge in [-0.25, -0.2) is 0 Å². The van der Waals surface area contributed by atoms with Crippen molar-refractivity contribution in [2.75, 3.05) is 24.5 Å². The molecule has 4 nitrogen and oxygen atoms in total. The van der Waals surface area contributed by atoms with Gasteiger partial charge in [0.25, 0.3) is 0 Å². The highest BCUT2D eigenvalue weighted by atomic mass is 35.5. The highest BCUT2D eigenvalue weighted by molar-refractivity contribution is 6.30. The summed E-state index contributed by atoms with van der Waals surface area (Å²) in [6.07, 6.45) is 1.93. The molecule has 1 unspecified atom stereocenters. The van der Waals surface area contributed by atoms with Crippen LogP contribution < -0.4 is 16.0 Å². The number of nitrogens with zero attached hydrogens (tertiary/aromatic N) is 1. The molecule has 1 fully saturated rings. The molecule has 3 N–H and O–H groups in total. The summed E-state index contributed by atoms with van der Waals surface area (Å²) in [6.45, 7) is 5.49. The number of hydrogen-bond acceptors (Lipinski definition) is 3. The van der Waals surface area contributed by atoms with Crippen molar-refractivity contribution in [2.24, 2.45) is 11.7 Å². The number of primary amides is 1. The minimum Gasteiger partial charge on any atom is -0.370 e. The Hall–Kier alpha value is -1.26. The second-order valence-electron chi connectivity index (χ2n) is 5.28. The molecular formula is C15H22ClN3O. The zero-order chi connectivity index (χ0) is 14.5. The molecule has 0 saturated carbocycles. The number of nitrogens with one attached hydrogen (secondary N) is 1. The van der Waals surface area contributed by atoms with Crippen molar-refractivity contribution in [1.29, 1.82) is 0 Å². The van der Waals surface area contributed by atoms with Crippen molar-refractivity contribution in [3.05, 3.63) is 28.8 Å². The lowest BCUT2D eigenvalue weighted by molar-refractivity contribution is -0.121. The topological polar surface area (TPSA) is 58.4 Å². The lowest BCUT2D eigenvalue weighted by Crippen LogP contribution is -2.28. The van der Waals surface area contributed by atoms with E-state index in [1.807, 2.05) is 18.2 Å². The van der Waals surface area contributed by atoms with E-state index in [1.54, 1.807) is 0 Å². The van der Waals surface area contributed by atoms with Gasteiger partial charge in [0, 0.05) is 30.3 Å². The van der Waals surface area contributed by atoms with Crippen molar-refractivity contribution < 1.29 is 4.79 Å². The van der Waals surface area contributed by atoms with E-state index in [2.05, 4.69) is 17.1 Å². The first-order valence-electron chi connectivity index (χ1n) is 7.15. The first kappa shape index (κ1) is 15.1. The number of anilines is 1. The number of carbonyl (C=O) groups excluding carboxylic acids is 1. The van der Waals surface area contributed by atoms with Crippen LogP contribution in [0.4, 0.5) is 5.69 Å². The van der Waals surface area contributed by atoms with Gasteiger partial charge in [-0.05, 0) is 43.1 Å². The third-order valence-corrected chi connectivity index (χ3v) is 3.95. The molecule has 0 aromatic heterocycles. The molecule has 5 heteroatoms. The lowest BCUT2D eigenvalue weighted by atomic mass is 10.1. The first-order chi connectivity index (χ1) is 9.61. The van der Waals surface area contributed by atoms with E-state index in [-0.39, 0.29) is 11.8 Å². The summed E-state index contributed by atoms with van der Waals surface area (Å²) in [5, 5.41) is 4.14. The number of carbonyl (C=O) groups is 1. The minimum absolute atomic E-state index is 0.0397. The number of halogens is 1. The fraction of sp³-hybridized carbons (Fsp3) is 0.533. The van der Waals surface area contributed by atoms with Crippen molar-refractivity contribution in [1.82, 2.24) is 5.32 Å². The van der Waals surface area contributed by atoms with Crippen LogP contribution in [0.1, 0.15) is 25.3 Å². The molecule has 1 aliphatic rings. The Morgan fingerprint density at radius 3 is 3.00 bits per heavy atom. The SMILES string of the molecule is CCCNCc1cc(Cl)ccc1N1CCC(C(N)=O)C1. The number of rotatable bonds is 6. The monoisotopic (exact) mass is 295 g/mol. The summed E-state index contributed by atoms with van der Waals surface area (Å²) in [6, 6.07) is 5.93. The van der Waals surface area contributed by atoms with Gasteiger partial charge >= 0.3 is 0 Å². The van der Waals surface area contributed by atoms with Crippen molar-refractivity contribution in [3.63, 3.8) is 0 Å². The number of benzene rings is 1. The third-order valence-electron chi connectivity index (χ3n) is 3.72. The maximum absolute atomic E-state index is 11.3. The molecule has 20 heavy (non-hydrogen) atoms. The van der Waals surface area contributed by atoms with E-state index in [0.29, 0.717) is 6.54 Å². The van der Waals surface area contributed by atoms with E-state index in [9.17, 15) is 4.79 Å². The predicted molar refractivity (Wildman–Crippen MR) is 83.0 cm³/mol. The van der Waals surface area contributed by atoms with E-state index in [1.165, 1.54) is 5.56 Å². The summed E-state index contributed by atoms with van der Waals surface area (Å²) < 4.78 is 0. The average molecular weight is 296 g/mol. The normalized spacial score (nSPS) is 18.5. The van der Waals surface area contributed by atoms with E-state index in [0.717, 1.165) is 43.2 Å². The van der Waals surface area contributed by atoms with Crippen molar-refractivity contribution >= 4 is 23.2 Å². The zero-order valence-corrected chi connectivity index (χ0v) is 12.6. The molecule has 1 heterocycles. The molecule has 1 atom stereocenters. The molecule has 0 radical (unpaired) electrons. The molecule has 2 rings (SSSR count). The van der Waals surface area contributed by atoms with Crippen LogP contribution in [-0.4, -0.2) is 25.5 Å². The van der Waals surface area contributed by atoms with Crippen LogP contribution in [0.2, 0.25) is 5.02 Å². The van der Waals surface area contributed by atoms with Crippen LogP contribution in [0.15, 0.2) is 18.2 Å². The Kier molecular flexibility index (Phi) is 5.26. The molecule has 0 bridgehead atoms. The Morgan fingerprint density at radius 2 is 2.35 bits per heavy atom. The maximum Gasteiger partial charge on any atom is 0.222 e. The van der Waals surface area contributed by atoms with Crippen LogP contribution in [-0.2, 0) is 11.3 Å². The van der Waals surface area contributed by atoms with Gasteiger partial charge in [-0.1, -0.05) is 18.5 Å². The van der Waals surface area contributed by atoms with Gasteiger partial charge in [0.2, 0.25) is 5.91 Å². The van der Waals surface area contributed by atoms with Crippen molar-refractivity contribution in [3.8, 4) is 0 Å². The van der Waals surface area contributed by atoms with Crippen LogP contribution in [0.25, 0.3) is 0 Å². The van der Waals surface area contributed by atoms with Crippen LogP contribution in [0, 0.1) is 5.92 Å². The Labute approximate surface area is 125 Å². The smallest absolute Gasteiger partial charge is 0.222 e. The summed E-state index contributed by atoms with van der Waals surface area (Å²) >= 11 is 6.10. The molecule has 1 aliphatic heterocycles. The Balaban J connectivity index is 2.12. The van der Waals surface area contributed by atoms with Gasteiger partial charge in [0.05, 0.1) is 5.92 Å². The summed E-state index contributed by atoms with van der Waals surface area (Å²) in [7, 11) is 0. The zero-order valence-electron chi connectivity index (χ0n) is 11.9. The fourth-order valence-corrected chi connectivity index (χ4v) is 2.81. The summed E-state index contributed by atoms with van der Waals surface area (Å²) in [5.74, 6) is -0.241. The fourth-order valence-electron chi connectivity index (χ4n) is 2.62. The predicted octanol–water partition coefficient (Wildman–Crippen LogP) is 2.15. The van der Waals surface area contributed by atoms with Gasteiger partial charge in [-0.15, -0.1) is 0 Å². The average Bonchev–Trinajstić information content (AvgIpc) is 2.89. The number of nitrogens with two attached hydrogens (primary N) is 1. The van der Waals surface area contributed by atoms with Crippen LogP contribution in [0.5, 0.6) is 0 Å². The molecule has 1 aromatic rings. The molecule has 0 aliphatic carbocycles. The molecule has 1 aromatic carbocycles. The highest BCUT2D eigenvalue weighted by Crippen LogP contribution is 2.29. The second kappa shape index (κ2) is 6.95. The summed E-state index contributed by atoms with van der Waals surface area (Å²) in [4.78, 5) is 13.5. The largest absolute Gasteiger partial charge is 0.370 e. The quantitative estimate of drug-likeness (QED) is 0.791. The van der Waals surface area contributed by atoms with Crippen LogP contribution >= 0.6 is 11.6 Å². The van der Waals surface area contributed by atoms with E-state index < -0.39 is 0 Å². The van der Waals surface area contributed by atoms with Gasteiger partial charge in [-0.3, -0.25) is 4.79 Å². The van der Waals surface area contributed by atoms with E-state index in [4.69, 9.17) is 17.3 Å². The molecular weight excluding hydrogens is 274 g/mol. The highest BCUT2D eigenvalue weighted by Gasteiger charge is 2.27. The molecule has 1 amide bonds. The van der Waals surface area contributed by atoms with E-state index >= 15 is 0 Å². The van der Waals surface area contributed by atoms with Gasteiger partial charge in [0.1, 0.15) is 0 Å². The number of amides is 1. The Bertz CT molecular complexity index is 478. The second-order valence-corrected chi connectivity index (χ2v) is 5.72. The number of hydrogen-bond donors (Lipinski definition) is 2. The summed E-state index contributed by atoms with van der Waals surface area (Å²) in [5.41, 5.74) is 7.73. The third kappa shape index (κ3) is 3.64. The lowest BCUT2D eigenvalue weighted by Gasteiger charge is -2.22. The molecule has 110 valence electrons. The minimum atomic E-state index is -0.202.